The quantitative estimate of drug-likeness (QED) is 0.767. The van der Waals surface area contributed by atoms with Gasteiger partial charge in [0.25, 0.3) is 0 Å². The van der Waals surface area contributed by atoms with Crippen LogP contribution in [0.4, 0.5) is 0 Å². The van der Waals surface area contributed by atoms with E-state index in [1.807, 2.05) is 0 Å². The molecule has 0 aliphatic rings. The molecule has 0 spiro atoms. The lowest BCUT2D eigenvalue weighted by atomic mass is 9.82. The van der Waals surface area contributed by atoms with Crippen molar-refractivity contribution >= 4 is 5.97 Å². The lowest BCUT2D eigenvalue weighted by Crippen LogP contribution is -2.29. The number of carbonyl (C=O) groups is 1. The van der Waals surface area contributed by atoms with Gasteiger partial charge < -0.3 is 10.2 Å². The van der Waals surface area contributed by atoms with Gasteiger partial charge in [-0.3, -0.25) is 4.79 Å². The Labute approximate surface area is 83.0 Å². The van der Waals surface area contributed by atoms with Crippen molar-refractivity contribution in [3.05, 3.63) is 35.4 Å². The molecule has 1 aromatic rings. The van der Waals surface area contributed by atoms with Gasteiger partial charge in [-0.1, -0.05) is 24.3 Å². The summed E-state index contributed by atoms with van der Waals surface area (Å²) in [7, 11) is 0. The molecule has 1 rings (SSSR count). The van der Waals surface area contributed by atoms with Crippen molar-refractivity contribution in [3.8, 4) is 0 Å². The van der Waals surface area contributed by atoms with E-state index in [1.165, 1.54) is 0 Å². The van der Waals surface area contributed by atoms with Crippen molar-refractivity contribution in [2.45, 2.75) is 25.9 Å². The number of aliphatic carboxylic acids is 1. The average Bonchev–Trinajstić information content (AvgIpc) is 2.17. The minimum atomic E-state index is -0.959. The van der Waals surface area contributed by atoms with E-state index in [9.17, 15) is 4.79 Å². The second-order valence-corrected chi connectivity index (χ2v) is 3.75. The fourth-order valence-electron chi connectivity index (χ4n) is 1.38. The van der Waals surface area contributed by atoms with E-state index >= 15 is 0 Å². The molecule has 1 aromatic carbocycles. The van der Waals surface area contributed by atoms with Crippen molar-refractivity contribution in [1.82, 2.24) is 0 Å². The first kappa shape index (κ1) is 10.7. The summed E-state index contributed by atoms with van der Waals surface area (Å²) in [5.74, 6) is -0.890. The van der Waals surface area contributed by atoms with Gasteiger partial charge >= 0.3 is 5.97 Å². The van der Waals surface area contributed by atoms with Gasteiger partial charge in [0.2, 0.25) is 0 Å². The lowest BCUT2D eigenvalue weighted by Gasteiger charge is -2.22. The number of aliphatic hydroxyl groups excluding tert-OH is 1. The molecule has 0 aliphatic carbocycles. The zero-order chi connectivity index (χ0) is 10.8. The van der Waals surface area contributed by atoms with E-state index in [0.717, 1.165) is 0 Å². The van der Waals surface area contributed by atoms with Crippen LogP contribution in [0.5, 0.6) is 0 Å². The largest absolute Gasteiger partial charge is 0.481 e. The van der Waals surface area contributed by atoms with Crippen LogP contribution in [0.2, 0.25) is 0 Å². The van der Waals surface area contributed by atoms with Gasteiger partial charge in [-0.25, -0.2) is 0 Å². The van der Waals surface area contributed by atoms with Crippen LogP contribution in [0, 0.1) is 0 Å². The molecule has 0 radical (unpaired) electrons. The van der Waals surface area contributed by atoms with Gasteiger partial charge in [0, 0.05) is 0 Å². The summed E-state index contributed by atoms with van der Waals surface area (Å²) in [5.41, 5.74) is 0.370. The number of aliphatic hydroxyl groups is 1. The standard InChI is InChI=1S/C11H14O3/c1-11(2,10(13)14)9-6-4-3-5-8(9)7-12/h3-6,12H,7H2,1-2H3,(H,13,14). The summed E-state index contributed by atoms with van der Waals surface area (Å²) in [5, 5.41) is 18.1. The van der Waals surface area contributed by atoms with E-state index in [1.54, 1.807) is 38.1 Å². The SMILES string of the molecule is CC(C)(C(=O)O)c1ccccc1CO. The topological polar surface area (TPSA) is 57.5 Å². The Balaban J connectivity index is 3.24. The van der Waals surface area contributed by atoms with E-state index < -0.39 is 11.4 Å². The third-order valence-electron chi connectivity index (χ3n) is 2.40. The lowest BCUT2D eigenvalue weighted by molar-refractivity contribution is -0.142. The molecule has 0 saturated carbocycles. The maximum absolute atomic E-state index is 11.0. The predicted molar refractivity (Wildman–Crippen MR) is 53.0 cm³/mol. The van der Waals surface area contributed by atoms with E-state index in [0.29, 0.717) is 11.1 Å². The summed E-state index contributed by atoms with van der Waals surface area (Å²) >= 11 is 0. The van der Waals surface area contributed by atoms with Crippen molar-refractivity contribution in [2.75, 3.05) is 0 Å². The van der Waals surface area contributed by atoms with Crippen LogP contribution in [0.3, 0.4) is 0 Å². The van der Waals surface area contributed by atoms with Gasteiger partial charge in [0.15, 0.2) is 0 Å². The molecule has 3 nitrogen and oxygen atoms in total. The molecule has 0 saturated heterocycles. The second-order valence-electron chi connectivity index (χ2n) is 3.75. The summed E-state index contributed by atoms with van der Waals surface area (Å²) in [6.45, 7) is 3.13. The number of benzene rings is 1. The highest BCUT2D eigenvalue weighted by Gasteiger charge is 2.31. The predicted octanol–water partition coefficient (Wildman–Crippen LogP) is 1.54. The van der Waals surface area contributed by atoms with Crippen LogP contribution < -0.4 is 0 Å². The highest BCUT2D eigenvalue weighted by molar-refractivity contribution is 5.80. The van der Waals surface area contributed by atoms with Gasteiger partial charge in [-0.15, -0.1) is 0 Å². The number of hydrogen-bond acceptors (Lipinski definition) is 2. The smallest absolute Gasteiger partial charge is 0.313 e. The van der Waals surface area contributed by atoms with Crippen molar-refractivity contribution < 1.29 is 15.0 Å². The van der Waals surface area contributed by atoms with Crippen molar-refractivity contribution in [1.29, 1.82) is 0 Å². The fraction of sp³-hybridized carbons (Fsp3) is 0.364. The number of carboxylic acids is 1. The molecule has 76 valence electrons. The Morgan fingerprint density at radius 2 is 1.93 bits per heavy atom. The molecule has 0 atom stereocenters. The molecule has 0 unspecified atom stereocenters. The van der Waals surface area contributed by atoms with E-state index in [2.05, 4.69) is 0 Å². The number of hydrogen-bond donors (Lipinski definition) is 2. The van der Waals surface area contributed by atoms with Gasteiger partial charge in [0.1, 0.15) is 0 Å². The fourth-order valence-corrected chi connectivity index (χ4v) is 1.38. The minimum Gasteiger partial charge on any atom is -0.481 e. The van der Waals surface area contributed by atoms with E-state index in [4.69, 9.17) is 10.2 Å². The first-order valence-corrected chi connectivity index (χ1v) is 4.42. The third-order valence-corrected chi connectivity index (χ3v) is 2.40. The Bertz CT molecular complexity index is 342. The van der Waals surface area contributed by atoms with Gasteiger partial charge in [-0.05, 0) is 25.0 Å². The first-order chi connectivity index (χ1) is 6.50. The molecule has 2 N–H and O–H groups in total. The molecular formula is C11H14O3. The highest BCUT2D eigenvalue weighted by Crippen LogP contribution is 2.26. The summed E-state index contributed by atoms with van der Waals surface area (Å²) in [4.78, 5) is 11.0. The Hall–Kier alpha value is -1.35. The highest BCUT2D eigenvalue weighted by atomic mass is 16.4. The second kappa shape index (κ2) is 3.80. The maximum Gasteiger partial charge on any atom is 0.313 e. The molecule has 0 aromatic heterocycles. The first-order valence-electron chi connectivity index (χ1n) is 4.42. The Morgan fingerprint density at radius 3 is 2.43 bits per heavy atom. The van der Waals surface area contributed by atoms with Crippen LogP contribution in [-0.4, -0.2) is 16.2 Å². The van der Waals surface area contributed by atoms with Crippen LogP contribution in [0.25, 0.3) is 0 Å². The molecule has 0 aliphatic heterocycles. The monoisotopic (exact) mass is 194 g/mol. The van der Waals surface area contributed by atoms with E-state index in [-0.39, 0.29) is 6.61 Å². The molecule has 0 bridgehead atoms. The molecule has 0 amide bonds. The van der Waals surface area contributed by atoms with Crippen LogP contribution >= 0.6 is 0 Å². The van der Waals surface area contributed by atoms with Gasteiger partial charge in [-0.2, -0.15) is 0 Å². The van der Waals surface area contributed by atoms with Crippen molar-refractivity contribution in [3.63, 3.8) is 0 Å². The summed E-state index contributed by atoms with van der Waals surface area (Å²) in [6.07, 6.45) is 0. The molecule has 0 fully saturated rings. The Kier molecular flexibility index (Phi) is 2.91. The average molecular weight is 194 g/mol. The van der Waals surface area contributed by atoms with Crippen LogP contribution in [0.1, 0.15) is 25.0 Å². The molecule has 14 heavy (non-hydrogen) atoms. The summed E-state index contributed by atoms with van der Waals surface area (Å²) in [6, 6.07) is 7.03. The zero-order valence-electron chi connectivity index (χ0n) is 8.32. The minimum absolute atomic E-state index is 0.132. The number of rotatable bonds is 3. The number of carboxylic acid groups (broad SMARTS) is 1. The zero-order valence-corrected chi connectivity index (χ0v) is 8.32. The molecular weight excluding hydrogens is 180 g/mol. The third kappa shape index (κ3) is 1.77. The van der Waals surface area contributed by atoms with Crippen LogP contribution in [0.15, 0.2) is 24.3 Å². The maximum atomic E-state index is 11.0. The van der Waals surface area contributed by atoms with Crippen LogP contribution in [-0.2, 0) is 16.8 Å². The normalized spacial score (nSPS) is 11.4. The van der Waals surface area contributed by atoms with Gasteiger partial charge in [0.05, 0.1) is 12.0 Å². The molecule has 3 heteroatoms. The summed E-state index contributed by atoms with van der Waals surface area (Å²) < 4.78 is 0. The van der Waals surface area contributed by atoms with Crippen molar-refractivity contribution in [2.24, 2.45) is 0 Å². The Morgan fingerprint density at radius 1 is 1.36 bits per heavy atom. The molecule has 0 heterocycles.